The van der Waals surface area contributed by atoms with Gasteiger partial charge in [-0.2, -0.15) is 0 Å². The second-order valence-corrected chi connectivity index (χ2v) is 7.15. The first-order valence-electron chi connectivity index (χ1n) is 8.66. The lowest BCUT2D eigenvalue weighted by atomic mass is 10.1. The van der Waals surface area contributed by atoms with Crippen molar-refractivity contribution >= 4 is 29.4 Å². The van der Waals surface area contributed by atoms with Crippen LogP contribution in [0.15, 0.2) is 29.2 Å². The molecule has 0 heterocycles. The lowest BCUT2D eigenvalue weighted by molar-refractivity contribution is -0.155. The van der Waals surface area contributed by atoms with Gasteiger partial charge in [-0.15, -0.1) is 11.8 Å². The number of amides is 1. The zero-order valence-electron chi connectivity index (χ0n) is 14.7. The summed E-state index contributed by atoms with van der Waals surface area (Å²) in [7, 11) is 0. The van der Waals surface area contributed by atoms with Gasteiger partial charge in [-0.25, -0.2) is 0 Å². The second kappa shape index (κ2) is 9.61. The Hall–Kier alpha value is -1.82. The monoisotopic (exact) mass is 363 g/mol. The normalized spacial score (nSPS) is 15.6. The Balaban J connectivity index is 1.73. The molecule has 1 aliphatic carbocycles. The van der Waals surface area contributed by atoms with Crippen molar-refractivity contribution in [3.05, 3.63) is 29.8 Å². The number of nitrogens with one attached hydrogen (secondary N) is 1. The first-order chi connectivity index (χ1) is 12.0. The van der Waals surface area contributed by atoms with Gasteiger partial charge < -0.3 is 10.1 Å². The summed E-state index contributed by atoms with van der Waals surface area (Å²) in [6.07, 6.45) is 5.41. The molecule has 1 fully saturated rings. The van der Waals surface area contributed by atoms with Gasteiger partial charge in [0.15, 0.2) is 11.9 Å². The lowest BCUT2D eigenvalue weighted by Gasteiger charge is -2.17. The maximum Gasteiger partial charge on any atom is 0.307 e. The summed E-state index contributed by atoms with van der Waals surface area (Å²) in [6.45, 7) is 1.56. The Morgan fingerprint density at radius 1 is 1.16 bits per heavy atom. The molecule has 6 heteroatoms. The molecule has 136 valence electrons. The fourth-order valence-electron chi connectivity index (χ4n) is 2.84. The number of hydrogen-bond acceptors (Lipinski definition) is 5. The Kier molecular flexibility index (Phi) is 7.50. The summed E-state index contributed by atoms with van der Waals surface area (Å²) >= 11 is 1.60. The van der Waals surface area contributed by atoms with Gasteiger partial charge in [0.1, 0.15) is 0 Å². The molecule has 0 radical (unpaired) electrons. The molecule has 1 aromatic rings. The summed E-state index contributed by atoms with van der Waals surface area (Å²) in [5.41, 5.74) is 0.581. The van der Waals surface area contributed by atoms with E-state index in [9.17, 15) is 14.4 Å². The van der Waals surface area contributed by atoms with Crippen LogP contribution in [0.4, 0.5) is 0 Å². The molecule has 0 aliphatic heterocycles. The third-order valence-corrected chi connectivity index (χ3v) is 5.09. The number of ether oxygens (including phenoxy) is 1. The van der Waals surface area contributed by atoms with Crippen molar-refractivity contribution in [3.63, 3.8) is 0 Å². The number of carbonyl (C=O) groups excluding carboxylic acids is 3. The number of thioether (sulfide) groups is 1. The molecule has 5 nitrogen and oxygen atoms in total. The third-order valence-electron chi connectivity index (χ3n) is 4.35. The minimum Gasteiger partial charge on any atom is -0.453 e. The van der Waals surface area contributed by atoms with E-state index in [0.717, 1.165) is 30.6 Å². The second-order valence-electron chi connectivity index (χ2n) is 6.27. The number of carbonyl (C=O) groups is 3. The molecule has 2 rings (SSSR count). The molecule has 1 amide bonds. The van der Waals surface area contributed by atoms with Gasteiger partial charge in [0.25, 0.3) is 5.91 Å². The molecule has 1 atom stereocenters. The largest absolute Gasteiger partial charge is 0.453 e. The van der Waals surface area contributed by atoms with E-state index in [4.69, 9.17) is 4.74 Å². The molecule has 0 saturated heterocycles. The van der Waals surface area contributed by atoms with Crippen molar-refractivity contribution in [2.24, 2.45) is 0 Å². The number of hydrogen-bond donors (Lipinski definition) is 1. The molecule has 1 N–H and O–H groups in total. The first kappa shape index (κ1) is 19.5. The van der Waals surface area contributed by atoms with E-state index < -0.39 is 12.1 Å². The smallest absolute Gasteiger partial charge is 0.307 e. The zero-order chi connectivity index (χ0) is 18.2. The van der Waals surface area contributed by atoms with E-state index in [-0.39, 0.29) is 30.6 Å². The Morgan fingerprint density at radius 2 is 1.80 bits per heavy atom. The predicted octanol–water partition coefficient (Wildman–Crippen LogP) is 3.36. The van der Waals surface area contributed by atoms with Crippen LogP contribution in [0.25, 0.3) is 0 Å². The van der Waals surface area contributed by atoms with Crippen molar-refractivity contribution in [1.82, 2.24) is 5.32 Å². The Labute approximate surface area is 152 Å². The zero-order valence-corrected chi connectivity index (χ0v) is 15.6. The van der Waals surface area contributed by atoms with Gasteiger partial charge in [0.2, 0.25) is 0 Å². The summed E-state index contributed by atoms with van der Waals surface area (Å²) in [5, 5.41) is 2.90. The first-order valence-corrected chi connectivity index (χ1v) is 9.89. The standard InChI is InChI=1S/C19H25NO4S/c1-13(19(23)20-15-5-3-4-6-15)24-18(22)12-11-17(21)14-7-9-16(25-2)10-8-14/h7-10,13,15H,3-6,11-12H2,1-2H3,(H,20,23). The molecule has 0 bridgehead atoms. The Morgan fingerprint density at radius 3 is 2.40 bits per heavy atom. The van der Waals surface area contributed by atoms with Crippen molar-refractivity contribution < 1.29 is 19.1 Å². The fourth-order valence-corrected chi connectivity index (χ4v) is 3.24. The molecular formula is C19H25NO4S. The van der Waals surface area contributed by atoms with E-state index >= 15 is 0 Å². The molecule has 1 unspecified atom stereocenters. The molecule has 1 aromatic carbocycles. The molecule has 1 aliphatic rings. The van der Waals surface area contributed by atoms with Crippen LogP contribution in [0.5, 0.6) is 0 Å². The highest BCUT2D eigenvalue weighted by atomic mass is 32.2. The van der Waals surface area contributed by atoms with Crippen LogP contribution in [-0.2, 0) is 14.3 Å². The fraction of sp³-hybridized carbons (Fsp3) is 0.526. The average Bonchev–Trinajstić information content (AvgIpc) is 3.12. The van der Waals surface area contributed by atoms with Crippen molar-refractivity contribution in [1.29, 1.82) is 0 Å². The minimum atomic E-state index is -0.830. The van der Waals surface area contributed by atoms with E-state index in [2.05, 4.69) is 5.32 Å². The number of esters is 1. The maximum atomic E-state index is 12.1. The van der Waals surface area contributed by atoms with Crippen LogP contribution in [0.3, 0.4) is 0 Å². The predicted molar refractivity (Wildman–Crippen MR) is 97.7 cm³/mol. The number of rotatable bonds is 8. The van der Waals surface area contributed by atoms with Crippen molar-refractivity contribution in [3.8, 4) is 0 Å². The van der Waals surface area contributed by atoms with Gasteiger partial charge in [-0.05, 0) is 38.2 Å². The molecule has 0 spiro atoms. The summed E-state index contributed by atoms with van der Waals surface area (Å²) in [4.78, 5) is 37.1. The summed E-state index contributed by atoms with van der Waals surface area (Å²) < 4.78 is 5.14. The van der Waals surface area contributed by atoms with Gasteiger partial charge in [0.05, 0.1) is 6.42 Å². The number of benzene rings is 1. The topological polar surface area (TPSA) is 72.5 Å². The van der Waals surface area contributed by atoms with Crippen molar-refractivity contribution in [2.45, 2.75) is 62.5 Å². The average molecular weight is 363 g/mol. The van der Waals surface area contributed by atoms with E-state index in [0.29, 0.717) is 5.56 Å². The summed E-state index contributed by atoms with van der Waals surface area (Å²) in [5.74, 6) is -0.893. The molecule has 0 aromatic heterocycles. The molecular weight excluding hydrogens is 338 g/mol. The Bertz CT molecular complexity index is 608. The van der Waals surface area contributed by atoms with E-state index in [1.807, 2.05) is 18.4 Å². The quantitative estimate of drug-likeness (QED) is 0.436. The van der Waals surface area contributed by atoms with E-state index in [1.54, 1.807) is 30.8 Å². The highest BCUT2D eigenvalue weighted by Crippen LogP contribution is 2.18. The third kappa shape index (κ3) is 6.20. The van der Waals surface area contributed by atoms with Crippen LogP contribution < -0.4 is 5.32 Å². The van der Waals surface area contributed by atoms with Crippen LogP contribution in [0.1, 0.15) is 55.8 Å². The van der Waals surface area contributed by atoms with Crippen LogP contribution in [0, 0.1) is 0 Å². The van der Waals surface area contributed by atoms with Crippen molar-refractivity contribution in [2.75, 3.05) is 6.26 Å². The van der Waals surface area contributed by atoms with E-state index in [1.165, 1.54) is 0 Å². The molecule has 1 saturated carbocycles. The highest BCUT2D eigenvalue weighted by molar-refractivity contribution is 7.98. The number of ketones is 1. The maximum absolute atomic E-state index is 12.1. The highest BCUT2D eigenvalue weighted by Gasteiger charge is 2.23. The summed E-state index contributed by atoms with van der Waals surface area (Å²) in [6, 6.07) is 7.48. The van der Waals surface area contributed by atoms with Gasteiger partial charge >= 0.3 is 5.97 Å². The lowest BCUT2D eigenvalue weighted by Crippen LogP contribution is -2.40. The SMILES string of the molecule is CSc1ccc(C(=O)CCC(=O)OC(C)C(=O)NC2CCCC2)cc1. The van der Waals surface area contributed by atoms with Crippen LogP contribution in [-0.4, -0.2) is 36.1 Å². The van der Waals surface area contributed by atoms with Crippen LogP contribution >= 0.6 is 11.8 Å². The van der Waals surface area contributed by atoms with Gasteiger partial charge in [-0.1, -0.05) is 25.0 Å². The molecule has 25 heavy (non-hydrogen) atoms. The van der Waals surface area contributed by atoms with Crippen LogP contribution in [0.2, 0.25) is 0 Å². The van der Waals surface area contributed by atoms with Gasteiger partial charge in [-0.3, -0.25) is 14.4 Å². The minimum absolute atomic E-state index is 0.0236. The van der Waals surface area contributed by atoms with Gasteiger partial charge in [0, 0.05) is 22.9 Å². The number of Topliss-reactive ketones (excluding diaryl/α,β-unsaturated/α-hetero) is 1.